The molecule has 2 aliphatic rings. The molecule has 0 bridgehead atoms. The number of carbonyl (C=O) groups excluding carboxylic acids is 2. The van der Waals surface area contributed by atoms with Crippen LogP contribution in [-0.2, 0) is 4.79 Å². The zero-order valence-electron chi connectivity index (χ0n) is 20.2. The number of ether oxygens (including phenoxy) is 1. The van der Waals surface area contributed by atoms with E-state index in [4.69, 9.17) is 4.74 Å². The minimum Gasteiger partial charge on any atom is -0.493 e. The van der Waals surface area contributed by atoms with E-state index < -0.39 is 36.7 Å². The largest absolute Gasteiger partial charge is 0.493 e. The molecule has 37 heavy (non-hydrogen) atoms. The Kier molecular flexibility index (Phi) is 6.28. The van der Waals surface area contributed by atoms with E-state index in [9.17, 15) is 27.2 Å². The highest BCUT2D eigenvalue weighted by Gasteiger charge is 2.50. The molecular weight excluding hydrogens is 494 g/mol. The molecule has 0 radical (unpaired) electrons. The lowest BCUT2D eigenvalue weighted by Gasteiger charge is -2.18. The molecule has 2 amide bonds. The third kappa shape index (κ3) is 4.84. The van der Waals surface area contributed by atoms with E-state index in [1.54, 1.807) is 6.92 Å². The number of aromatic nitrogens is 3. The molecule has 2 aromatic heterocycles. The first-order valence-electron chi connectivity index (χ1n) is 11.9. The number of aryl methyl sites for hydroxylation is 1. The predicted molar refractivity (Wildman–Crippen MR) is 126 cm³/mol. The van der Waals surface area contributed by atoms with Gasteiger partial charge in [-0.2, -0.15) is 0 Å². The number of alkyl halides is 4. The Balaban J connectivity index is 1.52. The number of hydrogen-bond donors (Lipinski definition) is 2. The quantitative estimate of drug-likeness (QED) is 0.455. The Morgan fingerprint density at radius 2 is 2.03 bits per heavy atom. The fraction of sp³-hybridized carbons (Fsp3) is 0.440. The molecule has 5 rings (SSSR count). The SMILES string of the molecule is CC(=O)N1C[C@@H](NC(=O)c2c(C)[nH]c3c(-c4cc(C(F)F)ccc4OCC4CC4)ncnc23)C(F)(F)C1. The molecule has 3 aromatic rings. The van der Waals surface area contributed by atoms with Gasteiger partial charge in [0.1, 0.15) is 29.3 Å². The molecule has 12 heteroatoms. The van der Waals surface area contributed by atoms with Crippen molar-refractivity contribution in [3.8, 4) is 17.0 Å². The highest BCUT2D eigenvalue weighted by molar-refractivity contribution is 6.09. The maximum atomic E-state index is 14.5. The number of nitrogens with zero attached hydrogens (tertiary/aromatic N) is 3. The van der Waals surface area contributed by atoms with Crippen molar-refractivity contribution in [2.45, 2.75) is 45.1 Å². The number of rotatable bonds is 7. The highest BCUT2D eigenvalue weighted by atomic mass is 19.3. The van der Waals surface area contributed by atoms with Gasteiger partial charge in [-0.15, -0.1) is 0 Å². The van der Waals surface area contributed by atoms with E-state index in [1.807, 2.05) is 0 Å². The lowest BCUT2D eigenvalue weighted by molar-refractivity contribution is -0.129. The molecule has 3 heterocycles. The van der Waals surface area contributed by atoms with Crippen molar-refractivity contribution in [2.75, 3.05) is 19.7 Å². The third-order valence-corrected chi connectivity index (χ3v) is 6.75. The molecule has 1 saturated heterocycles. The lowest BCUT2D eigenvalue weighted by Crippen LogP contribution is -2.46. The maximum absolute atomic E-state index is 14.5. The summed E-state index contributed by atoms with van der Waals surface area (Å²) in [5.41, 5.74) is 1.13. The highest BCUT2D eigenvalue weighted by Crippen LogP contribution is 2.38. The van der Waals surface area contributed by atoms with Crippen LogP contribution in [0.5, 0.6) is 5.75 Å². The van der Waals surface area contributed by atoms with Crippen molar-refractivity contribution >= 4 is 22.8 Å². The lowest BCUT2D eigenvalue weighted by atomic mass is 10.0. The fourth-order valence-electron chi connectivity index (χ4n) is 4.49. The van der Waals surface area contributed by atoms with Crippen LogP contribution in [0.4, 0.5) is 17.6 Å². The van der Waals surface area contributed by atoms with Crippen molar-refractivity contribution in [2.24, 2.45) is 5.92 Å². The van der Waals surface area contributed by atoms with Gasteiger partial charge in [-0.05, 0) is 43.9 Å². The number of H-pyrrole nitrogens is 1. The molecule has 0 spiro atoms. The van der Waals surface area contributed by atoms with Crippen LogP contribution in [-0.4, -0.2) is 63.3 Å². The normalized spacial score (nSPS) is 19.0. The molecule has 1 aromatic carbocycles. The first-order valence-corrected chi connectivity index (χ1v) is 11.9. The van der Waals surface area contributed by atoms with Crippen molar-refractivity contribution in [3.63, 3.8) is 0 Å². The number of aromatic amines is 1. The second kappa shape index (κ2) is 9.31. The van der Waals surface area contributed by atoms with Crippen molar-refractivity contribution in [3.05, 3.63) is 41.3 Å². The molecular formula is C25H25F4N5O3. The summed E-state index contributed by atoms with van der Waals surface area (Å²) in [6, 6.07) is 2.49. The van der Waals surface area contributed by atoms with Crippen molar-refractivity contribution in [1.82, 2.24) is 25.2 Å². The average molecular weight is 519 g/mol. The molecule has 196 valence electrons. The summed E-state index contributed by atoms with van der Waals surface area (Å²) in [6.07, 6.45) is 0.549. The molecule has 0 unspecified atom stereocenters. The second-order valence-corrected chi connectivity index (χ2v) is 9.57. The molecule has 2 N–H and O–H groups in total. The summed E-state index contributed by atoms with van der Waals surface area (Å²) < 4.78 is 61.9. The molecule has 8 nitrogen and oxygen atoms in total. The van der Waals surface area contributed by atoms with Crippen LogP contribution >= 0.6 is 0 Å². The van der Waals surface area contributed by atoms with Crippen molar-refractivity contribution in [1.29, 1.82) is 0 Å². The van der Waals surface area contributed by atoms with Gasteiger partial charge in [0.15, 0.2) is 0 Å². The summed E-state index contributed by atoms with van der Waals surface area (Å²) in [5, 5.41) is 2.34. The Morgan fingerprint density at radius 1 is 1.27 bits per heavy atom. The summed E-state index contributed by atoms with van der Waals surface area (Å²) in [7, 11) is 0. The minimum absolute atomic E-state index is 0.0289. The number of likely N-dealkylation sites (tertiary alicyclic amines) is 1. The third-order valence-electron chi connectivity index (χ3n) is 6.75. The van der Waals surface area contributed by atoms with Gasteiger partial charge in [-0.25, -0.2) is 27.5 Å². The van der Waals surface area contributed by atoms with Gasteiger partial charge >= 0.3 is 0 Å². The van der Waals surface area contributed by atoms with Crippen LogP contribution in [0, 0.1) is 12.8 Å². The van der Waals surface area contributed by atoms with E-state index in [1.165, 1.54) is 31.5 Å². The first kappa shape index (κ1) is 25.0. The molecule has 1 atom stereocenters. The van der Waals surface area contributed by atoms with Crippen LogP contribution in [0.25, 0.3) is 22.3 Å². The van der Waals surface area contributed by atoms with Gasteiger partial charge in [-0.3, -0.25) is 9.59 Å². The van der Waals surface area contributed by atoms with E-state index in [0.29, 0.717) is 29.5 Å². The number of fused-ring (bicyclic) bond motifs is 1. The van der Waals surface area contributed by atoms with Crippen LogP contribution < -0.4 is 10.1 Å². The van der Waals surface area contributed by atoms with E-state index in [0.717, 1.165) is 17.7 Å². The summed E-state index contributed by atoms with van der Waals surface area (Å²) >= 11 is 0. The monoisotopic (exact) mass is 519 g/mol. The van der Waals surface area contributed by atoms with E-state index >= 15 is 0 Å². The van der Waals surface area contributed by atoms with Crippen LogP contribution in [0.15, 0.2) is 24.5 Å². The van der Waals surface area contributed by atoms with Gasteiger partial charge in [0.2, 0.25) is 5.91 Å². The number of halogens is 4. The predicted octanol–water partition coefficient (Wildman–Crippen LogP) is 4.26. The number of carbonyl (C=O) groups is 2. The molecule has 1 aliphatic carbocycles. The van der Waals surface area contributed by atoms with Gasteiger partial charge in [0, 0.05) is 30.3 Å². The number of hydrogen-bond acceptors (Lipinski definition) is 5. The number of nitrogens with one attached hydrogen (secondary N) is 2. The van der Waals surface area contributed by atoms with Gasteiger partial charge in [-0.1, -0.05) is 0 Å². The fourth-order valence-corrected chi connectivity index (χ4v) is 4.49. The zero-order chi connectivity index (χ0) is 26.5. The molecule has 1 aliphatic heterocycles. The summed E-state index contributed by atoms with van der Waals surface area (Å²) in [5.74, 6) is -3.82. The zero-order valence-corrected chi connectivity index (χ0v) is 20.2. The molecule has 1 saturated carbocycles. The Morgan fingerprint density at radius 3 is 2.68 bits per heavy atom. The Hall–Kier alpha value is -3.70. The number of amides is 2. The van der Waals surface area contributed by atoms with Crippen LogP contribution in [0.1, 0.15) is 47.8 Å². The summed E-state index contributed by atoms with van der Waals surface area (Å²) in [4.78, 5) is 37.2. The van der Waals surface area contributed by atoms with Crippen LogP contribution in [0.2, 0.25) is 0 Å². The topological polar surface area (TPSA) is 100 Å². The van der Waals surface area contributed by atoms with E-state index in [-0.39, 0.29) is 34.4 Å². The number of benzene rings is 1. The van der Waals surface area contributed by atoms with Gasteiger partial charge < -0.3 is 19.9 Å². The van der Waals surface area contributed by atoms with E-state index in [2.05, 4.69) is 20.3 Å². The Bertz CT molecular complexity index is 1370. The standard InChI is InChI=1S/C25H25F4N5O3/c1-12-19(24(36)33-18-8-34(13(2)35)10-25(18,28)29)21-22(32-12)20(30-11-31-21)16-7-15(23(26)27)5-6-17(16)37-9-14-3-4-14/h5-7,11,14,18,23,32H,3-4,8-10H2,1-2H3,(H,33,36)/t18-/m1/s1. The Labute approximate surface area is 209 Å². The van der Waals surface area contributed by atoms with Crippen LogP contribution in [0.3, 0.4) is 0 Å². The molecule has 2 fully saturated rings. The minimum atomic E-state index is -3.30. The summed E-state index contributed by atoms with van der Waals surface area (Å²) in [6.45, 7) is 2.11. The first-order chi connectivity index (χ1) is 17.5. The smallest absolute Gasteiger partial charge is 0.286 e. The van der Waals surface area contributed by atoms with Gasteiger partial charge in [0.25, 0.3) is 18.3 Å². The second-order valence-electron chi connectivity index (χ2n) is 9.57. The maximum Gasteiger partial charge on any atom is 0.286 e. The van der Waals surface area contributed by atoms with Gasteiger partial charge in [0.05, 0.1) is 24.2 Å². The average Bonchev–Trinajstić information content (AvgIpc) is 3.53. The van der Waals surface area contributed by atoms with Crippen molar-refractivity contribution < 1.29 is 31.9 Å².